The van der Waals surface area contributed by atoms with Crippen molar-refractivity contribution in [1.82, 2.24) is 20.7 Å². The lowest BCUT2D eigenvalue weighted by molar-refractivity contribution is 0.0624. The maximum absolute atomic E-state index is 12.4. The van der Waals surface area contributed by atoms with Crippen LogP contribution in [-0.4, -0.2) is 47.3 Å². The van der Waals surface area contributed by atoms with Crippen molar-refractivity contribution >= 4 is 5.91 Å². The van der Waals surface area contributed by atoms with Gasteiger partial charge in [0, 0.05) is 31.7 Å². The van der Waals surface area contributed by atoms with Crippen molar-refractivity contribution < 1.29 is 9.32 Å². The molecule has 1 amide bonds. The lowest BCUT2D eigenvalue weighted by Crippen LogP contribution is -2.58. The van der Waals surface area contributed by atoms with Gasteiger partial charge in [0.2, 0.25) is 0 Å². The predicted molar refractivity (Wildman–Crippen MR) is 83.5 cm³/mol. The molecule has 1 spiro atoms. The molecule has 1 aromatic heterocycles. The fraction of sp³-hybridized carbons (Fsp3) is 0.750. The van der Waals surface area contributed by atoms with Gasteiger partial charge < -0.3 is 9.42 Å². The molecule has 1 unspecified atom stereocenters. The van der Waals surface area contributed by atoms with Crippen molar-refractivity contribution in [3.8, 4) is 0 Å². The average molecular weight is 306 g/mol. The molecule has 2 N–H and O–H groups in total. The minimum absolute atomic E-state index is 0.01000. The van der Waals surface area contributed by atoms with E-state index < -0.39 is 0 Å². The first-order chi connectivity index (χ1) is 10.5. The van der Waals surface area contributed by atoms with Gasteiger partial charge in [-0.3, -0.25) is 15.4 Å². The van der Waals surface area contributed by atoms with Crippen molar-refractivity contribution in [3.63, 3.8) is 0 Å². The largest absolute Gasteiger partial charge is 0.361 e. The zero-order chi connectivity index (χ0) is 15.7. The molecule has 3 heterocycles. The number of piperidine rings is 1. The Hall–Kier alpha value is -1.40. The van der Waals surface area contributed by atoms with Crippen LogP contribution in [0.1, 0.15) is 49.4 Å². The van der Waals surface area contributed by atoms with Crippen LogP contribution >= 0.6 is 0 Å². The van der Waals surface area contributed by atoms with E-state index in [2.05, 4.69) is 29.6 Å². The van der Waals surface area contributed by atoms with E-state index in [-0.39, 0.29) is 11.6 Å². The SMILES string of the molecule is Cc1cc(C(=O)N2CCC3(CC2)NCC(CC(C)C)N3)no1. The number of aryl methyl sites for hydroxylation is 1. The van der Waals surface area contributed by atoms with Crippen LogP contribution < -0.4 is 10.6 Å². The van der Waals surface area contributed by atoms with E-state index in [0.29, 0.717) is 23.4 Å². The standard InChI is InChI=1S/C16H26N4O2/c1-11(2)8-13-10-17-16(18-13)4-6-20(7-5-16)15(21)14-9-12(3)22-19-14/h9,11,13,17-18H,4-8,10H2,1-3H3. The molecule has 6 nitrogen and oxygen atoms in total. The number of aromatic nitrogens is 1. The van der Waals surface area contributed by atoms with E-state index in [1.807, 2.05) is 4.90 Å². The fourth-order valence-electron chi connectivity index (χ4n) is 3.56. The van der Waals surface area contributed by atoms with Gasteiger partial charge in [-0.25, -0.2) is 0 Å². The normalized spacial score (nSPS) is 24.4. The summed E-state index contributed by atoms with van der Waals surface area (Å²) in [5, 5.41) is 11.2. The van der Waals surface area contributed by atoms with Crippen LogP contribution in [0.2, 0.25) is 0 Å². The number of nitrogens with zero attached hydrogens (tertiary/aromatic N) is 2. The Morgan fingerprint density at radius 1 is 1.50 bits per heavy atom. The summed E-state index contributed by atoms with van der Waals surface area (Å²) in [7, 11) is 0. The summed E-state index contributed by atoms with van der Waals surface area (Å²) in [6.07, 6.45) is 3.06. The van der Waals surface area contributed by atoms with E-state index in [1.165, 1.54) is 6.42 Å². The third-order valence-corrected chi connectivity index (χ3v) is 4.67. The third kappa shape index (κ3) is 3.17. The van der Waals surface area contributed by atoms with E-state index in [4.69, 9.17) is 4.52 Å². The van der Waals surface area contributed by atoms with Crippen LogP contribution in [0.3, 0.4) is 0 Å². The molecule has 2 saturated heterocycles. The van der Waals surface area contributed by atoms with Gasteiger partial charge in [0.15, 0.2) is 5.69 Å². The van der Waals surface area contributed by atoms with E-state index in [1.54, 1.807) is 13.0 Å². The van der Waals surface area contributed by atoms with E-state index in [0.717, 1.165) is 32.5 Å². The second-order valence-electron chi connectivity index (χ2n) is 7.05. The van der Waals surface area contributed by atoms with Crippen molar-refractivity contribution in [2.24, 2.45) is 5.92 Å². The van der Waals surface area contributed by atoms with E-state index in [9.17, 15) is 4.79 Å². The first-order valence-corrected chi connectivity index (χ1v) is 8.23. The van der Waals surface area contributed by atoms with Gasteiger partial charge in [-0.05, 0) is 32.1 Å². The highest BCUT2D eigenvalue weighted by Gasteiger charge is 2.41. The first kappa shape index (κ1) is 15.5. The molecular formula is C16H26N4O2. The number of carbonyl (C=O) groups excluding carboxylic acids is 1. The second-order valence-corrected chi connectivity index (χ2v) is 7.05. The number of likely N-dealkylation sites (tertiary alicyclic amines) is 1. The Balaban J connectivity index is 1.55. The smallest absolute Gasteiger partial charge is 0.276 e. The molecular weight excluding hydrogens is 280 g/mol. The van der Waals surface area contributed by atoms with Gasteiger partial charge in [-0.2, -0.15) is 0 Å². The molecule has 2 aliphatic heterocycles. The number of amides is 1. The van der Waals surface area contributed by atoms with Crippen LogP contribution in [0.4, 0.5) is 0 Å². The topological polar surface area (TPSA) is 70.4 Å². The molecule has 22 heavy (non-hydrogen) atoms. The molecule has 2 aliphatic rings. The molecule has 0 radical (unpaired) electrons. The van der Waals surface area contributed by atoms with Crippen molar-refractivity contribution in [1.29, 1.82) is 0 Å². The molecule has 3 rings (SSSR count). The highest BCUT2D eigenvalue weighted by molar-refractivity contribution is 5.92. The summed E-state index contributed by atoms with van der Waals surface area (Å²) in [6.45, 7) is 8.84. The van der Waals surface area contributed by atoms with Gasteiger partial charge in [0.25, 0.3) is 5.91 Å². The number of carbonyl (C=O) groups is 1. The summed E-state index contributed by atoms with van der Waals surface area (Å²) >= 11 is 0. The molecule has 2 fully saturated rings. The highest BCUT2D eigenvalue weighted by atomic mass is 16.5. The molecule has 1 aromatic rings. The quantitative estimate of drug-likeness (QED) is 0.886. The predicted octanol–water partition coefficient (Wildman–Crippen LogP) is 1.52. The van der Waals surface area contributed by atoms with Gasteiger partial charge in [0.05, 0.1) is 5.66 Å². The summed E-state index contributed by atoms with van der Waals surface area (Å²) in [5.41, 5.74) is 0.425. The van der Waals surface area contributed by atoms with Gasteiger partial charge in [-0.15, -0.1) is 0 Å². The third-order valence-electron chi connectivity index (χ3n) is 4.67. The Kier molecular flexibility index (Phi) is 4.23. The molecule has 0 bridgehead atoms. The van der Waals surface area contributed by atoms with Gasteiger partial charge in [-0.1, -0.05) is 19.0 Å². The maximum Gasteiger partial charge on any atom is 0.276 e. The summed E-state index contributed by atoms with van der Waals surface area (Å²) in [5.74, 6) is 1.35. The zero-order valence-corrected chi connectivity index (χ0v) is 13.7. The van der Waals surface area contributed by atoms with Crippen LogP contribution in [0.15, 0.2) is 10.6 Å². The van der Waals surface area contributed by atoms with Crippen LogP contribution in [0.5, 0.6) is 0 Å². The summed E-state index contributed by atoms with van der Waals surface area (Å²) in [4.78, 5) is 14.3. The lowest BCUT2D eigenvalue weighted by Gasteiger charge is -2.39. The van der Waals surface area contributed by atoms with Crippen LogP contribution in [0, 0.1) is 12.8 Å². The maximum atomic E-state index is 12.4. The Morgan fingerprint density at radius 3 is 2.82 bits per heavy atom. The summed E-state index contributed by atoms with van der Waals surface area (Å²) in [6, 6.07) is 2.25. The molecule has 122 valence electrons. The van der Waals surface area contributed by atoms with E-state index >= 15 is 0 Å². The minimum atomic E-state index is -0.0246. The number of rotatable bonds is 3. The monoisotopic (exact) mass is 306 g/mol. The average Bonchev–Trinajstić information content (AvgIpc) is 3.06. The second kappa shape index (κ2) is 6.01. The molecule has 1 atom stereocenters. The minimum Gasteiger partial charge on any atom is -0.361 e. The molecule has 0 aliphatic carbocycles. The summed E-state index contributed by atoms with van der Waals surface area (Å²) < 4.78 is 5.00. The first-order valence-electron chi connectivity index (χ1n) is 8.23. The van der Waals surface area contributed by atoms with Gasteiger partial charge >= 0.3 is 0 Å². The van der Waals surface area contributed by atoms with Crippen LogP contribution in [-0.2, 0) is 0 Å². The Bertz CT molecular complexity index is 532. The number of hydrogen-bond acceptors (Lipinski definition) is 5. The van der Waals surface area contributed by atoms with Crippen molar-refractivity contribution in [2.45, 2.75) is 51.7 Å². The number of hydrogen-bond donors (Lipinski definition) is 2. The fourth-order valence-corrected chi connectivity index (χ4v) is 3.56. The number of nitrogens with one attached hydrogen (secondary N) is 2. The van der Waals surface area contributed by atoms with Crippen molar-refractivity contribution in [3.05, 3.63) is 17.5 Å². The van der Waals surface area contributed by atoms with Gasteiger partial charge in [0.1, 0.15) is 5.76 Å². The zero-order valence-electron chi connectivity index (χ0n) is 13.7. The van der Waals surface area contributed by atoms with Crippen molar-refractivity contribution in [2.75, 3.05) is 19.6 Å². The Labute approximate surface area is 131 Å². The Morgan fingerprint density at radius 2 is 2.23 bits per heavy atom. The molecule has 0 saturated carbocycles. The molecule has 6 heteroatoms. The molecule has 0 aromatic carbocycles. The lowest BCUT2D eigenvalue weighted by atomic mass is 9.97. The highest BCUT2D eigenvalue weighted by Crippen LogP contribution is 2.26. The van der Waals surface area contributed by atoms with Crippen LogP contribution in [0.25, 0.3) is 0 Å².